The number of ether oxygens (including phenoxy) is 6. The first-order valence-electron chi connectivity index (χ1n) is 13.5. The second kappa shape index (κ2) is 13.1. The molecule has 7 heteroatoms. The smallest absolute Gasteiger partial charge is 0.200 e. The van der Waals surface area contributed by atoms with Crippen molar-refractivity contribution in [2.75, 3.05) is 19.8 Å². The molecule has 5 rings (SSSR count). The molecule has 3 heterocycles. The van der Waals surface area contributed by atoms with Crippen LogP contribution in [0.1, 0.15) is 73.7 Å². The van der Waals surface area contributed by atoms with Crippen molar-refractivity contribution in [1.29, 1.82) is 0 Å². The summed E-state index contributed by atoms with van der Waals surface area (Å²) in [6.07, 6.45) is 11.6. The van der Waals surface area contributed by atoms with Crippen molar-refractivity contribution in [3.05, 3.63) is 59.7 Å². The van der Waals surface area contributed by atoms with Gasteiger partial charge in [0.1, 0.15) is 5.75 Å². The van der Waals surface area contributed by atoms with E-state index in [9.17, 15) is 4.79 Å². The minimum Gasteiger partial charge on any atom is -0.465 e. The van der Waals surface area contributed by atoms with Gasteiger partial charge in [-0.1, -0.05) is 12.1 Å². The summed E-state index contributed by atoms with van der Waals surface area (Å²) in [6.45, 7) is 2.13. The van der Waals surface area contributed by atoms with Crippen molar-refractivity contribution in [2.24, 2.45) is 0 Å². The predicted octanol–water partition coefficient (Wildman–Crippen LogP) is 6.30. The highest BCUT2D eigenvalue weighted by Gasteiger charge is 2.21. The summed E-state index contributed by atoms with van der Waals surface area (Å²) < 4.78 is 35.3. The predicted molar refractivity (Wildman–Crippen MR) is 139 cm³/mol. The first-order chi connectivity index (χ1) is 18.2. The molecule has 0 aromatic heterocycles. The zero-order valence-corrected chi connectivity index (χ0v) is 21.3. The Labute approximate surface area is 218 Å². The molecule has 3 atom stereocenters. The summed E-state index contributed by atoms with van der Waals surface area (Å²) in [5, 5.41) is 0. The molecule has 0 saturated carbocycles. The molecule has 3 fully saturated rings. The number of allylic oxidation sites excluding steroid dienone is 1. The maximum atomic E-state index is 12.8. The molecule has 2 aromatic carbocycles. The molecule has 3 aliphatic heterocycles. The average Bonchev–Trinajstić information content (AvgIpc) is 2.95. The number of benzene rings is 2. The van der Waals surface area contributed by atoms with Gasteiger partial charge in [-0.2, -0.15) is 0 Å². The van der Waals surface area contributed by atoms with Gasteiger partial charge in [-0.05, 0) is 86.6 Å². The first kappa shape index (κ1) is 25.8. The van der Waals surface area contributed by atoms with E-state index >= 15 is 0 Å². The lowest BCUT2D eigenvalue weighted by Crippen LogP contribution is -2.27. The lowest BCUT2D eigenvalue weighted by atomic mass is 10.1. The summed E-state index contributed by atoms with van der Waals surface area (Å²) in [7, 11) is 0. The number of ketones is 1. The molecule has 198 valence electrons. The Kier molecular flexibility index (Phi) is 9.11. The number of rotatable bonds is 9. The van der Waals surface area contributed by atoms with Gasteiger partial charge in [0.2, 0.25) is 0 Å². The Balaban J connectivity index is 1.24. The van der Waals surface area contributed by atoms with Crippen LogP contribution in [-0.2, 0) is 14.2 Å². The van der Waals surface area contributed by atoms with Crippen LogP contribution < -0.4 is 14.2 Å². The van der Waals surface area contributed by atoms with Crippen LogP contribution in [0.15, 0.2) is 48.5 Å². The Morgan fingerprint density at radius 3 is 1.81 bits per heavy atom. The Morgan fingerprint density at radius 1 is 0.676 bits per heavy atom. The first-order valence-corrected chi connectivity index (χ1v) is 13.5. The topological polar surface area (TPSA) is 72.5 Å². The van der Waals surface area contributed by atoms with Gasteiger partial charge in [0.05, 0.1) is 19.8 Å². The molecule has 2 aromatic rings. The lowest BCUT2D eigenvalue weighted by Gasteiger charge is -2.27. The van der Waals surface area contributed by atoms with Crippen LogP contribution in [0.5, 0.6) is 17.2 Å². The average molecular weight is 509 g/mol. The van der Waals surface area contributed by atoms with Gasteiger partial charge in [0.15, 0.2) is 36.2 Å². The van der Waals surface area contributed by atoms with E-state index in [1.807, 2.05) is 30.3 Å². The normalized spacial score (nSPS) is 24.5. The molecule has 3 aliphatic rings. The maximum absolute atomic E-state index is 12.8. The Morgan fingerprint density at radius 2 is 1.24 bits per heavy atom. The molecule has 3 saturated heterocycles. The van der Waals surface area contributed by atoms with E-state index in [0.29, 0.717) is 36.0 Å². The zero-order chi connectivity index (χ0) is 25.3. The monoisotopic (exact) mass is 508 g/mol. The van der Waals surface area contributed by atoms with Crippen LogP contribution in [0, 0.1) is 0 Å². The molecule has 0 radical (unpaired) electrons. The van der Waals surface area contributed by atoms with Crippen LogP contribution in [0.25, 0.3) is 6.08 Å². The third-order valence-electron chi connectivity index (χ3n) is 6.73. The minimum atomic E-state index is -0.302. The second-order valence-electron chi connectivity index (χ2n) is 9.67. The van der Waals surface area contributed by atoms with Gasteiger partial charge in [-0.3, -0.25) is 4.79 Å². The molecule has 7 nitrogen and oxygen atoms in total. The van der Waals surface area contributed by atoms with Crippen molar-refractivity contribution < 1.29 is 33.2 Å². The molecular weight excluding hydrogens is 472 g/mol. The summed E-state index contributed by atoms with van der Waals surface area (Å²) in [6, 6.07) is 12.9. The van der Waals surface area contributed by atoms with E-state index in [-0.39, 0.29) is 24.7 Å². The quantitative estimate of drug-likeness (QED) is 0.291. The van der Waals surface area contributed by atoms with Gasteiger partial charge in [-0.15, -0.1) is 0 Å². The molecule has 0 amide bonds. The fraction of sp³-hybridized carbons (Fsp3) is 0.500. The molecule has 0 bridgehead atoms. The van der Waals surface area contributed by atoms with E-state index in [1.165, 1.54) is 0 Å². The van der Waals surface area contributed by atoms with Crippen molar-refractivity contribution in [3.8, 4) is 17.2 Å². The number of carbonyl (C=O) groups excluding carboxylic acids is 1. The van der Waals surface area contributed by atoms with Crippen LogP contribution in [0.2, 0.25) is 0 Å². The summed E-state index contributed by atoms with van der Waals surface area (Å²) in [5.41, 5.74) is 1.43. The van der Waals surface area contributed by atoms with E-state index < -0.39 is 0 Å². The summed E-state index contributed by atoms with van der Waals surface area (Å²) >= 11 is 0. The number of hydrogen-bond donors (Lipinski definition) is 0. The largest absolute Gasteiger partial charge is 0.465 e. The minimum absolute atomic E-state index is 0.0884. The zero-order valence-electron chi connectivity index (χ0n) is 21.3. The van der Waals surface area contributed by atoms with Crippen molar-refractivity contribution >= 4 is 11.9 Å². The fourth-order valence-corrected chi connectivity index (χ4v) is 4.63. The Hall–Kier alpha value is -2.87. The van der Waals surface area contributed by atoms with Gasteiger partial charge in [0, 0.05) is 24.8 Å². The fourth-order valence-electron chi connectivity index (χ4n) is 4.63. The van der Waals surface area contributed by atoms with Crippen molar-refractivity contribution in [1.82, 2.24) is 0 Å². The third-order valence-corrected chi connectivity index (χ3v) is 6.73. The van der Waals surface area contributed by atoms with Gasteiger partial charge >= 0.3 is 0 Å². The number of hydrogen-bond acceptors (Lipinski definition) is 7. The van der Waals surface area contributed by atoms with Crippen LogP contribution in [0.3, 0.4) is 0 Å². The van der Waals surface area contributed by atoms with Crippen LogP contribution >= 0.6 is 0 Å². The van der Waals surface area contributed by atoms with E-state index in [0.717, 1.165) is 70.0 Å². The van der Waals surface area contributed by atoms with Crippen molar-refractivity contribution in [3.63, 3.8) is 0 Å². The molecule has 0 spiro atoms. The number of carbonyl (C=O) groups is 1. The molecule has 0 N–H and O–H groups in total. The summed E-state index contributed by atoms with van der Waals surface area (Å²) in [4.78, 5) is 12.8. The third kappa shape index (κ3) is 7.57. The van der Waals surface area contributed by atoms with E-state index in [2.05, 4.69) is 0 Å². The van der Waals surface area contributed by atoms with E-state index in [4.69, 9.17) is 28.4 Å². The standard InChI is InChI=1S/C30H36O7/c31-25(23-12-14-24(15-13-23)35-28-7-1-4-18-32-28)16-10-22-11-17-26(36-29-8-2-5-19-33-29)27(21-22)37-30-9-3-6-20-34-30/h10-17,21,28-30H,1-9,18-20H2. The van der Waals surface area contributed by atoms with Crippen LogP contribution in [0.4, 0.5) is 0 Å². The molecular formula is C30H36O7. The van der Waals surface area contributed by atoms with Gasteiger partial charge < -0.3 is 28.4 Å². The maximum Gasteiger partial charge on any atom is 0.200 e. The van der Waals surface area contributed by atoms with Crippen molar-refractivity contribution in [2.45, 2.75) is 76.7 Å². The van der Waals surface area contributed by atoms with Gasteiger partial charge in [-0.25, -0.2) is 0 Å². The lowest BCUT2D eigenvalue weighted by molar-refractivity contribution is -0.119. The molecule has 0 aliphatic carbocycles. The molecule has 37 heavy (non-hydrogen) atoms. The Bertz CT molecular complexity index is 1030. The highest BCUT2D eigenvalue weighted by atomic mass is 16.7. The van der Waals surface area contributed by atoms with Crippen LogP contribution in [-0.4, -0.2) is 44.5 Å². The van der Waals surface area contributed by atoms with Gasteiger partial charge in [0.25, 0.3) is 0 Å². The molecule has 3 unspecified atom stereocenters. The van der Waals surface area contributed by atoms with E-state index in [1.54, 1.807) is 24.3 Å². The highest BCUT2D eigenvalue weighted by molar-refractivity contribution is 6.06. The SMILES string of the molecule is O=C(C=Cc1ccc(OC2CCCCO2)c(OC2CCCCO2)c1)c1ccc(OC2CCCCO2)cc1. The highest BCUT2D eigenvalue weighted by Crippen LogP contribution is 2.33. The summed E-state index contributed by atoms with van der Waals surface area (Å²) in [5.74, 6) is 1.84. The second-order valence-corrected chi connectivity index (χ2v) is 9.67.